The molecule has 0 bridgehead atoms. The molecule has 0 unspecified atom stereocenters. The van der Waals surface area contributed by atoms with E-state index in [0.717, 1.165) is 11.5 Å². The van der Waals surface area contributed by atoms with Gasteiger partial charge >= 0.3 is 0 Å². The molecule has 1 saturated carbocycles. The molecule has 198 valence electrons. The van der Waals surface area contributed by atoms with E-state index in [1.807, 2.05) is 0 Å². The highest BCUT2D eigenvalue weighted by atomic mass is 16.5. The number of nitrogens with zero attached hydrogens (tertiary/aromatic N) is 1. The van der Waals surface area contributed by atoms with Gasteiger partial charge in [0, 0.05) is 17.0 Å². The summed E-state index contributed by atoms with van der Waals surface area (Å²) in [6.07, 6.45) is 7.41. The lowest BCUT2D eigenvalue weighted by Crippen LogP contribution is -2.32. The molecule has 2 aliphatic rings. The molecule has 1 aliphatic carbocycles. The highest BCUT2D eigenvalue weighted by Gasteiger charge is 2.36. The van der Waals surface area contributed by atoms with Gasteiger partial charge < -0.3 is 4.74 Å². The van der Waals surface area contributed by atoms with E-state index in [-0.39, 0.29) is 5.41 Å². The van der Waals surface area contributed by atoms with Crippen LogP contribution in [0, 0.1) is 12.3 Å². The minimum absolute atomic E-state index is 0.0693. The average Bonchev–Trinajstić information content (AvgIpc) is 2.89. The van der Waals surface area contributed by atoms with Crippen LogP contribution >= 0.6 is 0 Å². The van der Waals surface area contributed by atoms with Gasteiger partial charge in [-0.25, -0.2) is 4.57 Å². The molecular weight excluding hydrogens is 474 g/mol. The fraction of sp³-hybridized carbons (Fsp3) is 0.378. The summed E-state index contributed by atoms with van der Waals surface area (Å²) in [7, 11) is 2.18. The van der Waals surface area contributed by atoms with Crippen LogP contribution in [-0.4, -0.2) is 0 Å². The summed E-state index contributed by atoms with van der Waals surface area (Å²) in [5, 5.41) is 7.72. The van der Waals surface area contributed by atoms with Crippen LogP contribution in [0.2, 0.25) is 0 Å². The van der Waals surface area contributed by atoms with Crippen molar-refractivity contribution in [3.8, 4) is 22.8 Å². The SMILES string of the molecule is Cc1c2c(c(C(C)(C)C)c3ccccc13)Oc1cc3cc(C4CCC(C)(C)CC4)ccc3c3cc[n+](C)c-2c13. The van der Waals surface area contributed by atoms with Gasteiger partial charge in [0.25, 0.3) is 0 Å². The van der Waals surface area contributed by atoms with E-state index >= 15 is 0 Å². The first-order chi connectivity index (χ1) is 18.5. The number of ether oxygens (including phenoxy) is 1. The molecule has 2 heterocycles. The second-order valence-corrected chi connectivity index (χ2v) is 14.0. The van der Waals surface area contributed by atoms with Crippen molar-refractivity contribution in [3.63, 3.8) is 0 Å². The van der Waals surface area contributed by atoms with Crippen LogP contribution in [0.5, 0.6) is 11.5 Å². The lowest BCUT2D eigenvalue weighted by atomic mass is 9.71. The predicted molar refractivity (Wildman–Crippen MR) is 164 cm³/mol. The zero-order valence-electron chi connectivity index (χ0n) is 24.5. The topological polar surface area (TPSA) is 13.1 Å². The Morgan fingerprint density at radius 3 is 2.31 bits per heavy atom. The maximum atomic E-state index is 7.06. The highest BCUT2D eigenvalue weighted by Crippen LogP contribution is 2.54. The first kappa shape index (κ1) is 24.6. The van der Waals surface area contributed by atoms with Crippen LogP contribution in [0.15, 0.2) is 60.8 Å². The van der Waals surface area contributed by atoms with Crippen molar-refractivity contribution in [1.82, 2.24) is 0 Å². The van der Waals surface area contributed by atoms with Crippen molar-refractivity contribution >= 4 is 32.3 Å². The molecule has 4 aromatic carbocycles. The van der Waals surface area contributed by atoms with E-state index in [2.05, 4.69) is 114 Å². The zero-order chi connectivity index (χ0) is 27.3. The number of aromatic nitrogens is 1. The third kappa shape index (κ3) is 3.71. The Bertz CT molecular complexity index is 1810. The van der Waals surface area contributed by atoms with Crippen molar-refractivity contribution in [1.29, 1.82) is 0 Å². The lowest BCUT2D eigenvalue weighted by molar-refractivity contribution is -0.659. The summed E-state index contributed by atoms with van der Waals surface area (Å²) in [5.74, 6) is 2.67. The summed E-state index contributed by atoms with van der Waals surface area (Å²) < 4.78 is 9.36. The summed E-state index contributed by atoms with van der Waals surface area (Å²) in [4.78, 5) is 0. The molecule has 1 aromatic heterocycles. The van der Waals surface area contributed by atoms with Crippen LogP contribution in [0.3, 0.4) is 0 Å². The molecule has 0 N–H and O–H groups in total. The van der Waals surface area contributed by atoms with Gasteiger partial charge in [-0.1, -0.05) is 77.1 Å². The fourth-order valence-electron chi connectivity index (χ4n) is 7.47. The first-order valence-corrected chi connectivity index (χ1v) is 14.7. The second kappa shape index (κ2) is 8.31. The molecule has 39 heavy (non-hydrogen) atoms. The smallest absolute Gasteiger partial charge is 0.228 e. The summed E-state index contributed by atoms with van der Waals surface area (Å²) in [6, 6.07) is 20.7. The molecule has 0 atom stereocenters. The number of hydrogen-bond acceptors (Lipinski definition) is 1. The fourth-order valence-corrected chi connectivity index (χ4v) is 7.47. The van der Waals surface area contributed by atoms with Gasteiger partial charge in [-0.05, 0) is 88.1 Å². The Morgan fingerprint density at radius 2 is 1.59 bits per heavy atom. The highest BCUT2D eigenvalue weighted by molar-refractivity contribution is 6.16. The van der Waals surface area contributed by atoms with Crippen LogP contribution in [0.4, 0.5) is 0 Å². The van der Waals surface area contributed by atoms with Gasteiger partial charge in [0.2, 0.25) is 5.69 Å². The largest absolute Gasteiger partial charge is 0.455 e. The van der Waals surface area contributed by atoms with Crippen LogP contribution < -0.4 is 9.30 Å². The summed E-state index contributed by atoms with van der Waals surface area (Å²) in [5.41, 5.74) is 6.98. The Morgan fingerprint density at radius 1 is 0.872 bits per heavy atom. The Kier molecular flexibility index (Phi) is 5.25. The number of rotatable bonds is 1. The van der Waals surface area contributed by atoms with E-state index in [1.165, 1.54) is 85.9 Å². The van der Waals surface area contributed by atoms with E-state index < -0.39 is 0 Å². The van der Waals surface area contributed by atoms with Gasteiger partial charge in [-0.2, -0.15) is 0 Å². The molecule has 0 radical (unpaired) electrons. The van der Waals surface area contributed by atoms with Crippen molar-refractivity contribution in [3.05, 3.63) is 77.5 Å². The third-order valence-corrected chi connectivity index (χ3v) is 9.66. The van der Waals surface area contributed by atoms with Gasteiger partial charge in [0.1, 0.15) is 18.5 Å². The summed E-state index contributed by atoms with van der Waals surface area (Å²) in [6.45, 7) is 14.0. The first-order valence-electron chi connectivity index (χ1n) is 14.7. The van der Waals surface area contributed by atoms with Crippen molar-refractivity contribution in [2.45, 2.75) is 78.6 Å². The molecule has 5 aromatic rings. The van der Waals surface area contributed by atoms with Crippen molar-refractivity contribution in [2.75, 3.05) is 0 Å². The molecule has 2 heteroatoms. The maximum absolute atomic E-state index is 7.06. The summed E-state index contributed by atoms with van der Waals surface area (Å²) >= 11 is 0. The van der Waals surface area contributed by atoms with E-state index in [1.54, 1.807) is 0 Å². The minimum Gasteiger partial charge on any atom is -0.455 e. The van der Waals surface area contributed by atoms with E-state index in [4.69, 9.17) is 4.74 Å². The number of benzene rings is 4. The molecular formula is C37H40NO+. The van der Waals surface area contributed by atoms with Crippen molar-refractivity contribution in [2.24, 2.45) is 12.5 Å². The normalized spacial score (nSPS) is 17.0. The molecule has 1 aliphatic heterocycles. The predicted octanol–water partition coefficient (Wildman–Crippen LogP) is 10.0. The lowest BCUT2D eigenvalue weighted by Gasteiger charge is -2.34. The Labute approximate surface area is 232 Å². The van der Waals surface area contributed by atoms with E-state index in [0.29, 0.717) is 11.3 Å². The zero-order valence-corrected chi connectivity index (χ0v) is 24.5. The number of hydrogen-bond donors (Lipinski definition) is 0. The molecule has 0 saturated heterocycles. The molecule has 2 nitrogen and oxygen atoms in total. The van der Waals surface area contributed by atoms with Crippen molar-refractivity contribution < 1.29 is 9.30 Å². The minimum atomic E-state index is -0.0693. The Hall–Kier alpha value is -3.39. The second-order valence-electron chi connectivity index (χ2n) is 14.0. The average molecular weight is 515 g/mol. The van der Waals surface area contributed by atoms with E-state index in [9.17, 15) is 0 Å². The van der Waals surface area contributed by atoms with Crippen LogP contribution in [0.1, 0.15) is 82.9 Å². The van der Waals surface area contributed by atoms with Crippen LogP contribution in [0.25, 0.3) is 43.6 Å². The van der Waals surface area contributed by atoms with Gasteiger partial charge in [0.05, 0.1) is 10.9 Å². The van der Waals surface area contributed by atoms with Gasteiger partial charge in [-0.3, -0.25) is 0 Å². The number of fused-ring (bicyclic) bond motifs is 5. The van der Waals surface area contributed by atoms with Gasteiger partial charge in [0.15, 0.2) is 6.20 Å². The molecule has 0 spiro atoms. The van der Waals surface area contributed by atoms with Crippen LogP contribution in [-0.2, 0) is 12.5 Å². The quantitative estimate of drug-likeness (QED) is 0.157. The maximum Gasteiger partial charge on any atom is 0.228 e. The number of pyridine rings is 1. The number of aryl methyl sites for hydroxylation is 2. The molecule has 1 fully saturated rings. The Balaban J connectivity index is 1.51. The molecule has 0 amide bonds. The monoisotopic (exact) mass is 514 g/mol. The van der Waals surface area contributed by atoms with Gasteiger partial charge in [-0.15, -0.1) is 0 Å². The standard InChI is InChI=1S/C37H40NO/c1-22-26-10-8-9-11-29(26)33(36(2,3)4)35-31(22)34-32-28(16-19-38(34)7)27-13-12-24(20-25(27)21-30(32)39-35)23-14-17-37(5,6)18-15-23/h8-13,16,19-21,23H,14-15,17-18H2,1-7H3/q+1. The molecule has 7 rings (SSSR count). The third-order valence-electron chi connectivity index (χ3n) is 9.66.